The molecule has 1 aliphatic rings. The molecule has 118 valence electrons. The van der Waals surface area contributed by atoms with Gasteiger partial charge in [0, 0.05) is 29.7 Å². The van der Waals surface area contributed by atoms with Crippen LogP contribution in [0.1, 0.15) is 32.4 Å². The second-order valence-corrected chi connectivity index (χ2v) is 5.94. The maximum atomic E-state index is 5.65. The predicted molar refractivity (Wildman–Crippen MR) is 89.2 cm³/mol. The van der Waals surface area contributed by atoms with Crippen LogP contribution in [-0.4, -0.2) is 30.5 Å². The zero-order valence-corrected chi connectivity index (χ0v) is 13.4. The fourth-order valence-corrected chi connectivity index (χ4v) is 2.89. The number of pyridine rings is 1. The van der Waals surface area contributed by atoms with E-state index in [0.29, 0.717) is 13.2 Å². The molecule has 3 rings (SSSR count). The zero-order valence-electron chi connectivity index (χ0n) is 13.4. The van der Waals surface area contributed by atoms with Crippen molar-refractivity contribution in [2.75, 3.05) is 25.1 Å². The van der Waals surface area contributed by atoms with E-state index in [4.69, 9.17) is 14.5 Å². The van der Waals surface area contributed by atoms with E-state index in [2.05, 4.69) is 36.5 Å². The predicted octanol–water partition coefficient (Wildman–Crippen LogP) is 3.75. The van der Waals surface area contributed by atoms with E-state index in [9.17, 15) is 0 Å². The Bertz CT molecular complexity index is 636. The molecule has 1 aliphatic heterocycles. The number of rotatable bonds is 6. The first-order valence-corrected chi connectivity index (χ1v) is 8.11. The standard InChI is InChI=1S/C18H24N2O2/c1-3-6-14-13-17(15-7-4-5-8-16(15)20-14)19-10-9-18(2)21-11-12-22-18/h4-5,7-8,13H,3,6,9-12H2,1-2H3,(H,19,20). The van der Waals surface area contributed by atoms with Gasteiger partial charge in [0.1, 0.15) is 0 Å². The van der Waals surface area contributed by atoms with Crippen LogP contribution in [0.5, 0.6) is 0 Å². The van der Waals surface area contributed by atoms with Crippen molar-refractivity contribution < 1.29 is 9.47 Å². The SMILES string of the molecule is CCCc1cc(NCCC2(C)OCCO2)c2ccccc2n1. The summed E-state index contributed by atoms with van der Waals surface area (Å²) in [5.74, 6) is -0.442. The Kier molecular flexibility index (Phi) is 4.60. The third kappa shape index (κ3) is 3.39. The highest BCUT2D eigenvalue weighted by Gasteiger charge is 2.30. The summed E-state index contributed by atoms with van der Waals surface area (Å²) in [5, 5.41) is 4.71. The van der Waals surface area contributed by atoms with Crippen LogP contribution >= 0.6 is 0 Å². The smallest absolute Gasteiger partial charge is 0.167 e. The van der Waals surface area contributed by atoms with Crippen LogP contribution in [-0.2, 0) is 15.9 Å². The van der Waals surface area contributed by atoms with Crippen LogP contribution < -0.4 is 5.32 Å². The number of hydrogen-bond acceptors (Lipinski definition) is 4. The highest BCUT2D eigenvalue weighted by Crippen LogP contribution is 2.26. The first kappa shape index (κ1) is 15.3. The molecule has 2 heterocycles. The number of benzene rings is 1. The van der Waals surface area contributed by atoms with Gasteiger partial charge < -0.3 is 14.8 Å². The summed E-state index contributed by atoms with van der Waals surface area (Å²) in [4.78, 5) is 4.74. The molecule has 0 amide bonds. The lowest BCUT2D eigenvalue weighted by molar-refractivity contribution is -0.144. The molecule has 4 heteroatoms. The molecular weight excluding hydrogens is 276 g/mol. The van der Waals surface area contributed by atoms with Crippen LogP contribution in [0.3, 0.4) is 0 Å². The third-order valence-corrected chi connectivity index (χ3v) is 4.07. The molecule has 1 saturated heterocycles. The summed E-state index contributed by atoms with van der Waals surface area (Å²) in [6, 6.07) is 10.5. The number of nitrogens with zero attached hydrogens (tertiary/aromatic N) is 1. The van der Waals surface area contributed by atoms with Crippen LogP contribution in [0.25, 0.3) is 10.9 Å². The fraction of sp³-hybridized carbons (Fsp3) is 0.500. The van der Waals surface area contributed by atoms with Gasteiger partial charge in [-0.2, -0.15) is 0 Å². The molecule has 4 nitrogen and oxygen atoms in total. The molecule has 0 spiro atoms. The molecule has 0 bridgehead atoms. The van der Waals surface area contributed by atoms with E-state index >= 15 is 0 Å². The number of anilines is 1. The number of fused-ring (bicyclic) bond motifs is 1. The van der Waals surface area contributed by atoms with Gasteiger partial charge in [-0.05, 0) is 25.5 Å². The van der Waals surface area contributed by atoms with Gasteiger partial charge >= 0.3 is 0 Å². The summed E-state index contributed by atoms with van der Waals surface area (Å²) in [6.45, 7) is 6.38. The van der Waals surface area contributed by atoms with E-state index in [0.717, 1.165) is 42.7 Å². The zero-order chi connectivity index (χ0) is 15.4. The number of hydrogen-bond donors (Lipinski definition) is 1. The molecule has 1 aromatic carbocycles. The molecule has 0 aliphatic carbocycles. The third-order valence-electron chi connectivity index (χ3n) is 4.07. The van der Waals surface area contributed by atoms with Gasteiger partial charge in [0.25, 0.3) is 0 Å². The molecule has 1 N–H and O–H groups in total. The van der Waals surface area contributed by atoms with Crippen molar-refractivity contribution in [3.63, 3.8) is 0 Å². The van der Waals surface area contributed by atoms with E-state index in [1.165, 1.54) is 5.39 Å². The highest BCUT2D eigenvalue weighted by molar-refractivity contribution is 5.91. The maximum Gasteiger partial charge on any atom is 0.167 e. The van der Waals surface area contributed by atoms with Gasteiger partial charge in [-0.25, -0.2) is 0 Å². The monoisotopic (exact) mass is 300 g/mol. The first-order chi connectivity index (χ1) is 10.7. The lowest BCUT2D eigenvalue weighted by Crippen LogP contribution is -2.28. The van der Waals surface area contributed by atoms with E-state index in [1.54, 1.807) is 0 Å². The van der Waals surface area contributed by atoms with Crippen molar-refractivity contribution >= 4 is 16.6 Å². The molecule has 0 radical (unpaired) electrons. The van der Waals surface area contributed by atoms with Crippen LogP contribution in [0.4, 0.5) is 5.69 Å². The Morgan fingerprint density at radius 2 is 2.00 bits per heavy atom. The number of para-hydroxylation sites is 1. The molecule has 0 atom stereocenters. The lowest BCUT2D eigenvalue weighted by atomic mass is 10.1. The summed E-state index contributed by atoms with van der Waals surface area (Å²) in [7, 11) is 0. The second-order valence-electron chi connectivity index (χ2n) is 5.94. The first-order valence-electron chi connectivity index (χ1n) is 8.11. The summed E-state index contributed by atoms with van der Waals surface area (Å²) in [6.07, 6.45) is 2.93. The molecule has 0 unspecified atom stereocenters. The van der Waals surface area contributed by atoms with Crippen LogP contribution in [0.15, 0.2) is 30.3 Å². The van der Waals surface area contributed by atoms with Gasteiger partial charge in [-0.1, -0.05) is 31.5 Å². The lowest BCUT2D eigenvalue weighted by Gasteiger charge is -2.22. The number of aromatic nitrogens is 1. The largest absolute Gasteiger partial charge is 0.384 e. The Balaban J connectivity index is 1.76. The number of ether oxygens (including phenoxy) is 2. The Labute approximate surface area is 131 Å². The molecular formula is C18H24N2O2. The number of aryl methyl sites for hydroxylation is 1. The highest BCUT2D eigenvalue weighted by atomic mass is 16.7. The minimum Gasteiger partial charge on any atom is -0.384 e. The van der Waals surface area contributed by atoms with Gasteiger partial charge in [-0.3, -0.25) is 4.98 Å². The molecule has 0 saturated carbocycles. The van der Waals surface area contributed by atoms with Gasteiger partial charge in [-0.15, -0.1) is 0 Å². The Morgan fingerprint density at radius 1 is 1.23 bits per heavy atom. The van der Waals surface area contributed by atoms with Gasteiger partial charge in [0.15, 0.2) is 5.79 Å². The van der Waals surface area contributed by atoms with Crippen molar-refractivity contribution in [1.29, 1.82) is 0 Å². The Hall–Kier alpha value is -1.65. The van der Waals surface area contributed by atoms with Crippen LogP contribution in [0, 0.1) is 0 Å². The van der Waals surface area contributed by atoms with Crippen molar-refractivity contribution in [1.82, 2.24) is 4.98 Å². The fourth-order valence-electron chi connectivity index (χ4n) is 2.89. The van der Waals surface area contributed by atoms with E-state index in [-0.39, 0.29) is 0 Å². The van der Waals surface area contributed by atoms with Crippen LogP contribution in [0.2, 0.25) is 0 Å². The average molecular weight is 300 g/mol. The average Bonchev–Trinajstić information content (AvgIpc) is 2.94. The minimum absolute atomic E-state index is 0.442. The number of nitrogens with one attached hydrogen (secondary N) is 1. The molecule has 1 fully saturated rings. The topological polar surface area (TPSA) is 43.4 Å². The molecule has 1 aromatic heterocycles. The quantitative estimate of drug-likeness (QED) is 0.882. The van der Waals surface area contributed by atoms with Crippen molar-refractivity contribution in [2.45, 2.75) is 38.9 Å². The maximum absolute atomic E-state index is 5.65. The minimum atomic E-state index is -0.442. The van der Waals surface area contributed by atoms with E-state index in [1.807, 2.05) is 13.0 Å². The summed E-state index contributed by atoms with van der Waals surface area (Å²) < 4.78 is 11.3. The van der Waals surface area contributed by atoms with Gasteiger partial charge in [0.05, 0.1) is 18.7 Å². The Morgan fingerprint density at radius 3 is 2.77 bits per heavy atom. The second kappa shape index (κ2) is 6.63. The summed E-state index contributed by atoms with van der Waals surface area (Å²) in [5.41, 5.74) is 3.34. The van der Waals surface area contributed by atoms with Gasteiger partial charge in [0.2, 0.25) is 0 Å². The van der Waals surface area contributed by atoms with Crippen molar-refractivity contribution in [3.8, 4) is 0 Å². The molecule has 22 heavy (non-hydrogen) atoms. The van der Waals surface area contributed by atoms with Crippen molar-refractivity contribution in [3.05, 3.63) is 36.0 Å². The molecule has 2 aromatic rings. The normalized spacial score (nSPS) is 17.0. The van der Waals surface area contributed by atoms with E-state index < -0.39 is 5.79 Å². The van der Waals surface area contributed by atoms with Crippen molar-refractivity contribution in [2.24, 2.45) is 0 Å². The summed E-state index contributed by atoms with van der Waals surface area (Å²) >= 11 is 0.